The Morgan fingerprint density at radius 3 is 2.62 bits per heavy atom. The zero-order valence-corrected chi connectivity index (χ0v) is 15.6. The number of alkyl halides is 2. The van der Waals surface area contributed by atoms with Crippen LogP contribution in [0.15, 0.2) is 22.7 Å². The lowest BCUT2D eigenvalue weighted by Crippen LogP contribution is -2.19. The highest BCUT2D eigenvalue weighted by molar-refractivity contribution is 6.38. The smallest absolute Gasteiger partial charge is 0.387 e. The van der Waals surface area contributed by atoms with Crippen LogP contribution in [-0.4, -0.2) is 43.8 Å². The van der Waals surface area contributed by atoms with E-state index in [2.05, 4.69) is 36.1 Å². The summed E-state index contributed by atoms with van der Waals surface area (Å²) in [7, 11) is 1.49. The number of nitrogens with one attached hydrogen (secondary N) is 2. The second-order valence-corrected chi connectivity index (χ2v) is 5.91. The normalized spacial score (nSPS) is 10.8. The van der Waals surface area contributed by atoms with Gasteiger partial charge < -0.3 is 14.6 Å². The van der Waals surface area contributed by atoms with Crippen molar-refractivity contribution >= 4 is 35.1 Å². The van der Waals surface area contributed by atoms with E-state index < -0.39 is 24.2 Å². The Morgan fingerprint density at radius 1 is 1.28 bits per heavy atom. The van der Waals surface area contributed by atoms with Gasteiger partial charge >= 0.3 is 6.61 Å². The topological polar surface area (TPSA) is 137 Å². The number of tetrazole rings is 1. The molecule has 14 heteroatoms. The molecule has 29 heavy (non-hydrogen) atoms. The minimum absolute atomic E-state index is 0.0163. The summed E-state index contributed by atoms with van der Waals surface area (Å²) >= 11 is 6.21. The van der Waals surface area contributed by atoms with Crippen LogP contribution in [0.1, 0.15) is 26.6 Å². The van der Waals surface area contributed by atoms with Gasteiger partial charge in [0.1, 0.15) is 11.4 Å². The van der Waals surface area contributed by atoms with Gasteiger partial charge in [-0.25, -0.2) is 4.68 Å². The van der Waals surface area contributed by atoms with E-state index in [9.17, 15) is 18.4 Å². The maximum Gasteiger partial charge on any atom is 0.387 e. The van der Waals surface area contributed by atoms with Gasteiger partial charge in [0, 0.05) is 13.1 Å². The lowest BCUT2D eigenvalue weighted by atomic mass is 10.1. The fraction of sp³-hybridized carbons (Fsp3) is 0.200. The number of carbonyl (C=O) groups excluding carboxylic acids is 2. The molecule has 2 heterocycles. The molecular formula is C15H12ClF2N7O4. The first-order chi connectivity index (χ1) is 13.8. The van der Waals surface area contributed by atoms with E-state index in [1.807, 2.05) is 0 Å². The fourth-order valence-corrected chi connectivity index (χ4v) is 2.49. The number of rotatable bonds is 6. The summed E-state index contributed by atoms with van der Waals surface area (Å²) < 4.78 is 35.9. The summed E-state index contributed by atoms with van der Waals surface area (Å²) in [4.78, 5) is 24.8. The number of aromatic nitrogens is 5. The molecule has 0 fully saturated rings. The Labute approximate surface area is 165 Å². The molecule has 0 spiro atoms. The Bertz CT molecular complexity index is 1070. The number of benzene rings is 1. The quantitative estimate of drug-likeness (QED) is 0.611. The standard InChI is InChI=1S/C15H12ClF2N7O4/c1-6-5-8(22-29-6)13(27)19-11-9(28-14(17)18)4-3-7(10(11)16)12(26)20-15-21-23-24-25(15)2/h3-5,14H,1-2H3,(H,19,27)(H,20,21,24,26). The molecule has 0 unspecified atom stereocenters. The number of carbonyl (C=O) groups is 2. The first kappa shape index (κ1) is 20.1. The minimum atomic E-state index is -3.19. The van der Waals surface area contributed by atoms with Crippen molar-refractivity contribution in [3.05, 3.63) is 40.2 Å². The van der Waals surface area contributed by atoms with E-state index in [-0.39, 0.29) is 27.9 Å². The third kappa shape index (κ3) is 4.45. The molecule has 0 aliphatic rings. The van der Waals surface area contributed by atoms with Crippen LogP contribution in [0.5, 0.6) is 5.75 Å². The van der Waals surface area contributed by atoms with Crippen LogP contribution in [0.4, 0.5) is 20.4 Å². The van der Waals surface area contributed by atoms with E-state index >= 15 is 0 Å². The molecule has 0 aliphatic carbocycles. The number of anilines is 2. The van der Waals surface area contributed by atoms with Gasteiger partial charge in [0.2, 0.25) is 5.95 Å². The van der Waals surface area contributed by atoms with Crippen molar-refractivity contribution in [3.63, 3.8) is 0 Å². The average Bonchev–Trinajstić information content (AvgIpc) is 3.26. The van der Waals surface area contributed by atoms with E-state index in [4.69, 9.17) is 16.1 Å². The molecule has 2 N–H and O–H groups in total. The predicted octanol–water partition coefficient (Wildman–Crippen LogP) is 2.27. The van der Waals surface area contributed by atoms with Crippen LogP contribution in [0.25, 0.3) is 0 Å². The third-order valence-electron chi connectivity index (χ3n) is 3.51. The molecule has 11 nitrogen and oxygen atoms in total. The van der Waals surface area contributed by atoms with E-state index in [1.54, 1.807) is 6.92 Å². The van der Waals surface area contributed by atoms with Crippen LogP contribution in [-0.2, 0) is 7.05 Å². The van der Waals surface area contributed by atoms with Gasteiger partial charge in [0.15, 0.2) is 11.4 Å². The monoisotopic (exact) mass is 427 g/mol. The van der Waals surface area contributed by atoms with Gasteiger partial charge in [0.05, 0.1) is 10.6 Å². The summed E-state index contributed by atoms with van der Waals surface area (Å²) in [5.74, 6) is -1.63. The molecule has 3 rings (SSSR count). The van der Waals surface area contributed by atoms with E-state index in [0.29, 0.717) is 5.76 Å². The van der Waals surface area contributed by atoms with Gasteiger partial charge in [-0.3, -0.25) is 14.9 Å². The largest absolute Gasteiger partial charge is 0.433 e. The minimum Gasteiger partial charge on any atom is -0.433 e. The molecule has 152 valence electrons. The number of aryl methyl sites for hydroxylation is 2. The van der Waals surface area contributed by atoms with Gasteiger partial charge in [-0.15, -0.1) is 0 Å². The summed E-state index contributed by atoms with van der Waals surface area (Å²) in [6.45, 7) is -1.63. The number of hydrogen-bond acceptors (Lipinski definition) is 8. The highest BCUT2D eigenvalue weighted by Crippen LogP contribution is 2.37. The molecule has 0 bridgehead atoms. The van der Waals surface area contributed by atoms with Crippen molar-refractivity contribution in [1.82, 2.24) is 25.4 Å². The molecule has 2 amide bonds. The zero-order valence-electron chi connectivity index (χ0n) is 14.8. The summed E-state index contributed by atoms with van der Waals surface area (Å²) in [6.07, 6.45) is 0. The van der Waals surface area contributed by atoms with Crippen molar-refractivity contribution in [2.75, 3.05) is 10.6 Å². The van der Waals surface area contributed by atoms with Crippen molar-refractivity contribution in [3.8, 4) is 5.75 Å². The Balaban J connectivity index is 1.95. The second-order valence-electron chi connectivity index (χ2n) is 5.54. The molecule has 3 aromatic rings. The molecule has 0 aliphatic heterocycles. The Kier molecular flexibility index (Phi) is 5.68. The lowest BCUT2D eigenvalue weighted by molar-refractivity contribution is -0.0493. The first-order valence-corrected chi connectivity index (χ1v) is 8.19. The maximum atomic E-state index is 12.7. The molecule has 0 saturated heterocycles. The summed E-state index contributed by atoms with van der Waals surface area (Å²) in [5.41, 5.74) is -0.620. The molecular weight excluding hydrogens is 416 g/mol. The first-order valence-electron chi connectivity index (χ1n) is 7.82. The summed E-state index contributed by atoms with van der Waals surface area (Å²) in [5, 5.41) is 18.4. The van der Waals surface area contributed by atoms with Crippen molar-refractivity contribution in [1.29, 1.82) is 0 Å². The molecule has 0 saturated carbocycles. The summed E-state index contributed by atoms with van der Waals surface area (Å²) in [6, 6.07) is 3.54. The average molecular weight is 428 g/mol. The van der Waals surface area contributed by atoms with Crippen molar-refractivity contribution < 1.29 is 27.6 Å². The molecule has 0 radical (unpaired) electrons. The van der Waals surface area contributed by atoms with E-state index in [1.165, 1.54) is 17.8 Å². The van der Waals surface area contributed by atoms with Gasteiger partial charge in [0.25, 0.3) is 11.8 Å². The van der Waals surface area contributed by atoms with Gasteiger partial charge in [-0.2, -0.15) is 8.78 Å². The molecule has 0 atom stereocenters. The van der Waals surface area contributed by atoms with Crippen molar-refractivity contribution in [2.45, 2.75) is 13.5 Å². The Hall–Kier alpha value is -3.61. The second kappa shape index (κ2) is 8.18. The number of nitrogens with zero attached hydrogens (tertiary/aromatic N) is 5. The van der Waals surface area contributed by atoms with Gasteiger partial charge in [-0.1, -0.05) is 21.9 Å². The zero-order chi connectivity index (χ0) is 21.1. The fourth-order valence-electron chi connectivity index (χ4n) is 2.20. The van der Waals surface area contributed by atoms with Gasteiger partial charge in [-0.05, 0) is 29.5 Å². The van der Waals surface area contributed by atoms with E-state index in [0.717, 1.165) is 12.1 Å². The molecule has 1 aromatic carbocycles. The SMILES string of the molecule is Cc1cc(C(=O)Nc2c(OC(F)F)ccc(C(=O)Nc3nnnn3C)c2Cl)no1. The number of ether oxygens (including phenoxy) is 1. The van der Waals surface area contributed by atoms with Crippen LogP contribution < -0.4 is 15.4 Å². The number of amides is 2. The third-order valence-corrected chi connectivity index (χ3v) is 3.90. The highest BCUT2D eigenvalue weighted by Gasteiger charge is 2.23. The Morgan fingerprint density at radius 2 is 2.03 bits per heavy atom. The predicted molar refractivity (Wildman–Crippen MR) is 94.0 cm³/mol. The van der Waals surface area contributed by atoms with Crippen LogP contribution in [0, 0.1) is 6.92 Å². The lowest BCUT2D eigenvalue weighted by Gasteiger charge is -2.15. The number of halogens is 3. The van der Waals surface area contributed by atoms with Crippen LogP contribution >= 0.6 is 11.6 Å². The van der Waals surface area contributed by atoms with Crippen molar-refractivity contribution in [2.24, 2.45) is 7.05 Å². The van der Waals surface area contributed by atoms with Crippen LogP contribution in [0.2, 0.25) is 5.02 Å². The molecule has 2 aromatic heterocycles. The highest BCUT2D eigenvalue weighted by atomic mass is 35.5. The van der Waals surface area contributed by atoms with Crippen LogP contribution in [0.3, 0.4) is 0 Å². The maximum absolute atomic E-state index is 12.7. The number of hydrogen-bond donors (Lipinski definition) is 2.